The van der Waals surface area contributed by atoms with Crippen molar-refractivity contribution < 1.29 is 31.2 Å². The SMILES string of the molecule is FC(F)COCCc1noc(CNCC(F)(F)F)n1. The maximum atomic E-state index is 11.8. The van der Waals surface area contributed by atoms with E-state index in [4.69, 9.17) is 0 Å². The van der Waals surface area contributed by atoms with Crippen molar-refractivity contribution in [1.82, 2.24) is 15.5 Å². The van der Waals surface area contributed by atoms with Crippen LogP contribution in [0.15, 0.2) is 4.52 Å². The summed E-state index contributed by atoms with van der Waals surface area (Å²) in [7, 11) is 0. The van der Waals surface area contributed by atoms with Gasteiger partial charge in [0.25, 0.3) is 6.43 Å². The highest BCUT2D eigenvalue weighted by Crippen LogP contribution is 2.12. The third-order valence-corrected chi connectivity index (χ3v) is 1.83. The molecule has 0 unspecified atom stereocenters. The van der Waals surface area contributed by atoms with Crippen LogP contribution >= 0.6 is 0 Å². The van der Waals surface area contributed by atoms with Crippen molar-refractivity contribution in [2.75, 3.05) is 19.8 Å². The molecule has 0 aliphatic carbocycles. The highest BCUT2D eigenvalue weighted by atomic mass is 19.4. The fraction of sp³-hybridized carbons (Fsp3) is 0.778. The van der Waals surface area contributed by atoms with Crippen LogP contribution in [0.1, 0.15) is 11.7 Å². The number of alkyl halides is 5. The molecule has 0 amide bonds. The molecular formula is C9H12F5N3O2. The molecule has 1 N–H and O–H groups in total. The first-order chi connectivity index (χ1) is 8.87. The number of nitrogens with one attached hydrogen (secondary N) is 1. The molecule has 10 heteroatoms. The minimum atomic E-state index is -4.31. The molecule has 0 saturated heterocycles. The molecule has 0 saturated carbocycles. The summed E-state index contributed by atoms with van der Waals surface area (Å²) in [5.41, 5.74) is 0. The van der Waals surface area contributed by atoms with Gasteiger partial charge in [-0.15, -0.1) is 0 Å². The first-order valence-electron chi connectivity index (χ1n) is 5.31. The first kappa shape index (κ1) is 15.8. The molecule has 19 heavy (non-hydrogen) atoms. The molecule has 0 aromatic carbocycles. The van der Waals surface area contributed by atoms with Gasteiger partial charge in [-0.3, -0.25) is 0 Å². The van der Waals surface area contributed by atoms with E-state index in [0.717, 1.165) is 0 Å². The predicted octanol–water partition coefficient (Wildman–Crippen LogP) is 1.55. The Balaban J connectivity index is 2.21. The Bertz CT molecular complexity index is 369. The van der Waals surface area contributed by atoms with Crippen molar-refractivity contribution in [2.24, 2.45) is 0 Å². The van der Waals surface area contributed by atoms with Crippen LogP contribution in [0.5, 0.6) is 0 Å². The standard InChI is InChI=1S/C9H12F5N3O2/c10-6(11)4-18-2-1-7-16-8(19-17-7)3-15-5-9(12,13)14/h6,15H,1-5H2. The van der Waals surface area contributed by atoms with Crippen molar-refractivity contribution in [1.29, 1.82) is 0 Å². The van der Waals surface area contributed by atoms with Crippen molar-refractivity contribution in [3.63, 3.8) is 0 Å². The lowest BCUT2D eigenvalue weighted by Crippen LogP contribution is -2.28. The van der Waals surface area contributed by atoms with Gasteiger partial charge in [-0.1, -0.05) is 5.16 Å². The van der Waals surface area contributed by atoms with Gasteiger partial charge in [0.05, 0.1) is 19.7 Å². The predicted molar refractivity (Wildman–Crippen MR) is 52.6 cm³/mol. The van der Waals surface area contributed by atoms with Crippen LogP contribution in [0.3, 0.4) is 0 Å². The van der Waals surface area contributed by atoms with Crippen LogP contribution in [0, 0.1) is 0 Å². The van der Waals surface area contributed by atoms with Gasteiger partial charge in [0.2, 0.25) is 5.89 Å². The van der Waals surface area contributed by atoms with E-state index in [1.165, 1.54) is 0 Å². The largest absolute Gasteiger partial charge is 0.401 e. The van der Waals surface area contributed by atoms with Gasteiger partial charge in [-0.25, -0.2) is 8.78 Å². The second-order valence-corrected chi connectivity index (χ2v) is 3.54. The molecule has 5 nitrogen and oxygen atoms in total. The van der Waals surface area contributed by atoms with Gasteiger partial charge in [-0.2, -0.15) is 18.2 Å². The third kappa shape index (κ3) is 7.67. The Hall–Kier alpha value is -1.29. The van der Waals surface area contributed by atoms with Gasteiger partial charge in [-0.05, 0) is 0 Å². The highest BCUT2D eigenvalue weighted by Gasteiger charge is 2.26. The normalized spacial score (nSPS) is 12.3. The van der Waals surface area contributed by atoms with E-state index >= 15 is 0 Å². The second-order valence-electron chi connectivity index (χ2n) is 3.54. The number of nitrogens with zero attached hydrogens (tertiary/aromatic N) is 2. The van der Waals surface area contributed by atoms with Crippen LogP contribution in [-0.4, -0.2) is 42.5 Å². The number of hydrogen-bond donors (Lipinski definition) is 1. The molecule has 0 bridgehead atoms. The molecule has 1 aromatic rings. The summed E-state index contributed by atoms with van der Waals surface area (Å²) in [4.78, 5) is 3.77. The minimum absolute atomic E-state index is 0.00638. The lowest BCUT2D eigenvalue weighted by molar-refractivity contribution is -0.125. The Morgan fingerprint density at radius 1 is 1.32 bits per heavy atom. The van der Waals surface area contributed by atoms with E-state index in [0.29, 0.717) is 0 Å². The summed E-state index contributed by atoms with van der Waals surface area (Å²) >= 11 is 0. The van der Waals surface area contributed by atoms with Gasteiger partial charge in [0.15, 0.2) is 5.82 Å². The van der Waals surface area contributed by atoms with Gasteiger partial charge in [0, 0.05) is 6.42 Å². The zero-order valence-electron chi connectivity index (χ0n) is 9.71. The average molecular weight is 289 g/mol. The Labute approximate surface area is 105 Å². The zero-order valence-corrected chi connectivity index (χ0v) is 9.71. The molecular weight excluding hydrogens is 277 g/mol. The van der Waals surface area contributed by atoms with E-state index in [9.17, 15) is 22.0 Å². The van der Waals surface area contributed by atoms with Crippen molar-refractivity contribution >= 4 is 0 Å². The van der Waals surface area contributed by atoms with Crippen LogP contribution in [0.25, 0.3) is 0 Å². The Morgan fingerprint density at radius 2 is 2.05 bits per heavy atom. The molecule has 0 fully saturated rings. The summed E-state index contributed by atoms with van der Waals surface area (Å²) in [5.74, 6) is 0.186. The lowest BCUT2D eigenvalue weighted by Gasteiger charge is -2.05. The van der Waals surface area contributed by atoms with Crippen molar-refractivity contribution in [2.45, 2.75) is 25.6 Å². The number of hydrogen-bond acceptors (Lipinski definition) is 5. The lowest BCUT2D eigenvalue weighted by atomic mass is 10.4. The maximum Gasteiger partial charge on any atom is 0.401 e. The van der Waals surface area contributed by atoms with E-state index < -0.39 is 25.8 Å². The van der Waals surface area contributed by atoms with Gasteiger partial charge < -0.3 is 14.6 Å². The molecule has 110 valence electrons. The summed E-state index contributed by atoms with van der Waals surface area (Å²) in [6, 6.07) is 0. The Morgan fingerprint density at radius 3 is 2.68 bits per heavy atom. The summed E-state index contributed by atoms with van der Waals surface area (Å²) in [5, 5.41) is 5.56. The van der Waals surface area contributed by atoms with E-state index in [2.05, 4.69) is 24.7 Å². The Kier molecular flexibility index (Phi) is 6.09. The van der Waals surface area contributed by atoms with Gasteiger partial charge in [0.1, 0.15) is 6.61 Å². The molecule has 0 aliphatic rings. The first-order valence-corrected chi connectivity index (χ1v) is 5.31. The molecule has 0 spiro atoms. The quantitative estimate of drug-likeness (QED) is 0.581. The molecule has 1 heterocycles. The van der Waals surface area contributed by atoms with Crippen LogP contribution in [-0.2, 0) is 17.7 Å². The third-order valence-electron chi connectivity index (χ3n) is 1.83. The monoisotopic (exact) mass is 289 g/mol. The van der Waals surface area contributed by atoms with Crippen molar-refractivity contribution in [3.8, 4) is 0 Å². The second kappa shape index (κ2) is 7.34. The van der Waals surface area contributed by atoms with E-state index in [1.54, 1.807) is 0 Å². The van der Waals surface area contributed by atoms with E-state index in [-0.39, 0.29) is 31.3 Å². The molecule has 1 aromatic heterocycles. The van der Waals surface area contributed by atoms with Gasteiger partial charge >= 0.3 is 6.18 Å². The van der Waals surface area contributed by atoms with Crippen LogP contribution in [0.2, 0.25) is 0 Å². The van der Waals surface area contributed by atoms with Crippen molar-refractivity contribution in [3.05, 3.63) is 11.7 Å². The van der Waals surface area contributed by atoms with Crippen LogP contribution in [0.4, 0.5) is 22.0 Å². The zero-order chi connectivity index (χ0) is 14.3. The molecule has 0 radical (unpaired) electrons. The topological polar surface area (TPSA) is 60.2 Å². The number of aromatic nitrogens is 2. The maximum absolute atomic E-state index is 11.8. The molecule has 0 atom stereocenters. The highest BCUT2D eigenvalue weighted by molar-refractivity contribution is 4.86. The number of ether oxygens (including phenoxy) is 1. The molecule has 1 rings (SSSR count). The van der Waals surface area contributed by atoms with Crippen LogP contribution < -0.4 is 5.32 Å². The summed E-state index contributed by atoms with van der Waals surface area (Å²) in [6.45, 7) is -2.08. The summed E-state index contributed by atoms with van der Waals surface area (Å²) in [6.07, 6.45) is -6.71. The van der Waals surface area contributed by atoms with E-state index in [1.807, 2.05) is 0 Å². The number of halogens is 5. The minimum Gasteiger partial charge on any atom is -0.375 e. The fourth-order valence-electron chi connectivity index (χ4n) is 1.11. The molecule has 0 aliphatic heterocycles. The summed E-state index contributed by atoms with van der Waals surface area (Å²) < 4.78 is 68.2. The number of rotatable bonds is 8. The fourth-order valence-corrected chi connectivity index (χ4v) is 1.11. The average Bonchev–Trinajstić information content (AvgIpc) is 2.70. The smallest absolute Gasteiger partial charge is 0.375 e.